The van der Waals surface area contributed by atoms with Crippen LogP contribution in [0.15, 0.2) is 18.2 Å². The molecule has 16 heavy (non-hydrogen) atoms. The summed E-state index contributed by atoms with van der Waals surface area (Å²) in [6, 6.07) is 4.94. The molecule has 1 aromatic rings. The summed E-state index contributed by atoms with van der Waals surface area (Å²) >= 11 is 11.7. The number of nitrogens with zero attached hydrogens (tertiary/aromatic N) is 1. The van der Waals surface area contributed by atoms with Crippen LogP contribution >= 0.6 is 23.2 Å². The molecule has 5 heteroatoms. The first kappa shape index (κ1) is 11.7. The van der Waals surface area contributed by atoms with Gasteiger partial charge in [0.15, 0.2) is 0 Å². The molecule has 1 saturated heterocycles. The first-order valence-corrected chi connectivity index (χ1v) is 5.83. The number of halogens is 2. The van der Waals surface area contributed by atoms with Crippen molar-refractivity contribution in [2.75, 3.05) is 13.1 Å². The van der Waals surface area contributed by atoms with Gasteiger partial charge < -0.3 is 10.6 Å². The first-order valence-electron chi connectivity index (χ1n) is 5.07. The van der Waals surface area contributed by atoms with Crippen LogP contribution in [0.2, 0.25) is 10.0 Å². The summed E-state index contributed by atoms with van der Waals surface area (Å²) in [6.45, 7) is 1.30. The van der Waals surface area contributed by atoms with Gasteiger partial charge in [0.1, 0.15) is 0 Å². The third-order valence-corrected chi connectivity index (χ3v) is 3.06. The van der Waals surface area contributed by atoms with Gasteiger partial charge in [0.2, 0.25) is 0 Å². The first-order chi connectivity index (χ1) is 7.56. The monoisotopic (exact) mass is 258 g/mol. The van der Waals surface area contributed by atoms with E-state index >= 15 is 0 Å². The molecule has 0 aliphatic carbocycles. The lowest BCUT2D eigenvalue weighted by Crippen LogP contribution is -2.31. The largest absolute Gasteiger partial charge is 0.337 e. The third kappa shape index (κ3) is 2.48. The maximum Gasteiger partial charge on any atom is 0.254 e. The van der Waals surface area contributed by atoms with Crippen LogP contribution in [0.3, 0.4) is 0 Å². The number of amides is 1. The van der Waals surface area contributed by atoms with Crippen molar-refractivity contribution in [2.24, 2.45) is 5.73 Å². The molecule has 2 N–H and O–H groups in total. The number of hydrogen-bond acceptors (Lipinski definition) is 2. The summed E-state index contributed by atoms with van der Waals surface area (Å²) in [4.78, 5) is 13.8. The predicted octanol–water partition coefficient (Wildman–Crippen LogP) is 2.17. The lowest BCUT2D eigenvalue weighted by molar-refractivity contribution is 0.0791. The van der Waals surface area contributed by atoms with Gasteiger partial charge >= 0.3 is 0 Å². The Morgan fingerprint density at radius 1 is 1.31 bits per heavy atom. The summed E-state index contributed by atoms with van der Waals surface area (Å²) in [7, 11) is 0. The maximum atomic E-state index is 12.1. The van der Waals surface area contributed by atoms with Crippen molar-refractivity contribution in [1.29, 1.82) is 0 Å². The highest BCUT2D eigenvalue weighted by Gasteiger charge is 2.24. The lowest BCUT2D eigenvalue weighted by atomic mass is 10.2. The quantitative estimate of drug-likeness (QED) is 0.840. The van der Waals surface area contributed by atoms with E-state index in [0.29, 0.717) is 28.7 Å². The number of benzene rings is 1. The maximum absolute atomic E-state index is 12.1. The molecular weight excluding hydrogens is 247 g/mol. The van der Waals surface area contributed by atoms with Crippen LogP contribution in [0.4, 0.5) is 0 Å². The Balaban J connectivity index is 2.20. The van der Waals surface area contributed by atoms with E-state index in [-0.39, 0.29) is 11.9 Å². The molecule has 0 unspecified atom stereocenters. The molecule has 3 nitrogen and oxygen atoms in total. The molecule has 0 aromatic heterocycles. The zero-order chi connectivity index (χ0) is 11.7. The third-order valence-electron chi connectivity index (χ3n) is 2.62. The van der Waals surface area contributed by atoms with Crippen molar-refractivity contribution in [1.82, 2.24) is 4.90 Å². The van der Waals surface area contributed by atoms with E-state index in [9.17, 15) is 4.79 Å². The molecule has 1 aliphatic heterocycles. The van der Waals surface area contributed by atoms with Gasteiger partial charge in [-0.2, -0.15) is 0 Å². The van der Waals surface area contributed by atoms with E-state index in [4.69, 9.17) is 28.9 Å². The van der Waals surface area contributed by atoms with Gasteiger partial charge in [-0.05, 0) is 24.6 Å². The number of nitrogens with two attached hydrogens (primary N) is 1. The number of hydrogen-bond donors (Lipinski definition) is 1. The molecule has 1 heterocycles. The standard InChI is InChI=1S/C11H12Cl2N2O/c12-8-3-7(4-9(13)5-8)11(16)15-2-1-10(14)6-15/h3-5,10H,1-2,6,14H2/t10-/m1/s1. The average Bonchev–Trinajstić information content (AvgIpc) is 2.62. The summed E-state index contributed by atoms with van der Waals surface area (Å²) in [5, 5.41) is 0.943. The van der Waals surface area contributed by atoms with Crippen LogP contribution in [-0.4, -0.2) is 29.9 Å². The van der Waals surface area contributed by atoms with Gasteiger partial charge in [-0.15, -0.1) is 0 Å². The second-order valence-electron chi connectivity index (χ2n) is 3.96. The molecule has 1 aliphatic rings. The smallest absolute Gasteiger partial charge is 0.254 e. The SMILES string of the molecule is N[C@@H]1CCN(C(=O)c2cc(Cl)cc(Cl)c2)C1. The van der Waals surface area contributed by atoms with E-state index in [1.165, 1.54) is 0 Å². The Kier molecular flexibility index (Phi) is 3.38. The van der Waals surface area contributed by atoms with Crippen molar-refractivity contribution in [2.45, 2.75) is 12.5 Å². The van der Waals surface area contributed by atoms with Crippen LogP contribution in [0, 0.1) is 0 Å². The molecule has 1 aromatic carbocycles. The van der Waals surface area contributed by atoms with Gasteiger partial charge in [-0.3, -0.25) is 4.79 Å². The van der Waals surface area contributed by atoms with Gasteiger partial charge in [0.25, 0.3) is 5.91 Å². The fourth-order valence-electron chi connectivity index (χ4n) is 1.83. The molecule has 0 spiro atoms. The van der Waals surface area contributed by atoms with Crippen LogP contribution in [0.25, 0.3) is 0 Å². The van der Waals surface area contributed by atoms with E-state index in [1.807, 2.05) is 0 Å². The summed E-state index contributed by atoms with van der Waals surface area (Å²) < 4.78 is 0. The number of rotatable bonds is 1. The second-order valence-corrected chi connectivity index (χ2v) is 4.83. The molecule has 0 radical (unpaired) electrons. The number of likely N-dealkylation sites (tertiary alicyclic amines) is 1. The highest BCUT2D eigenvalue weighted by molar-refractivity contribution is 6.35. The topological polar surface area (TPSA) is 46.3 Å². The van der Waals surface area contributed by atoms with E-state index in [0.717, 1.165) is 6.42 Å². The van der Waals surface area contributed by atoms with Crippen molar-refractivity contribution in [3.05, 3.63) is 33.8 Å². The normalized spacial score (nSPS) is 20.2. The number of carbonyl (C=O) groups is 1. The molecule has 1 atom stereocenters. The molecule has 1 fully saturated rings. The van der Waals surface area contributed by atoms with Gasteiger partial charge in [-0.25, -0.2) is 0 Å². The number of carbonyl (C=O) groups excluding carboxylic acids is 1. The molecule has 0 bridgehead atoms. The minimum atomic E-state index is -0.0580. The predicted molar refractivity (Wildman–Crippen MR) is 65.0 cm³/mol. The fraction of sp³-hybridized carbons (Fsp3) is 0.364. The Bertz CT molecular complexity index is 402. The minimum Gasteiger partial charge on any atom is -0.337 e. The van der Waals surface area contributed by atoms with E-state index < -0.39 is 0 Å². The van der Waals surface area contributed by atoms with Gasteiger partial charge in [0, 0.05) is 34.7 Å². The van der Waals surface area contributed by atoms with Crippen LogP contribution in [-0.2, 0) is 0 Å². The minimum absolute atomic E-state index is 0.0580. The Morgan fingerprint density at radius 3 is 2.44 bits per heavy atom. The van der Waals surface area contributed by atoms with Crippen LogP contribution < -0.4 is 5.73 Å². The Hall–Kier alpha value is -0.770. The van der Waals surface area contributed by atoms with Crippen molar-refractivity contribution in [3.63, 3.8) is 0 Å². The molecule has 2 rings (SSSR count). The zero-order valence-electron chi connectivity index (χ0n) is 8.62. The van der Waals surface area contributed by atoms with Crippen molar-refractivity contribution < 1.29 is 4.79 Å². The van der Waals surface area contributed by atoms with Crippen LogP contribution in [0.1, 0.15) is 16.8 Å². The summed E-state index contributed by atoms with van der Waals surface area (Å²) in [5.74, 6) is -0.0580. The molecule has 86 valence electrons. The van der Waals surface area contributed by atoms with E-state index in [2.05, 4.69) is 0 Å². The Morgan fingerprint density at radius 2 is 1.94 bits per heavy atom. The van der Waals surface area contributed by atoms with Crippen molar-refractivity contribution in [3.8, 4) is 0 Å². The van der Waals surface area contributed by atoms with Gasteiger partial charge in [-0.1, -0.05) is 23.2 Å². The van der Waals surface area contributed by atoms with Gasteiger partial charge in [0.05, 0.1) is 0 Å². The fourth-order valence-corrected chi connectivity index (χ4v) is 2.36. The highest BCUT2D eigenvalue weighted by Crippen LogP contribution is 2.21. The summed E-state index contributed by atoms with van der Waals surface area (Å²) in [6.07, 6.45) is 0.847. The molecule has 1 amide bonds. The average molecular weight is 259 g/mol. The second kappa shape index (κ2) is 4.62. The van der Waals surface area contributed by atoms with E-state index in [1.54, 1.807) is 23.1 Å². The molecule has 0 saturated carbocycles. The molecular formula is C11H12Cl2N2O. The van der Waals surface area contributed by atoms with Crippen LogP contribution in [0.5, 0.6) is 0 Å². The zero-order valence-corrected chi connectivity index (χ0v) is 10.1. The summed E-state index contributed by atoms with van der Waals surface area (Å²) in [5.41, 5.74) is 6.27. The highest BCUT2D eigenvalue weighted by atomic mass is 35.5. The lowest BCUT2D eigenvalue weighted by Gasteiger charge is -2.16. The van der Waals surface area contributed by atoms with Crippen molar-refractivity contribution >= 4 is 29.1 Å². The Labute approximate surface area is 104 Å².